The van der Waals surface area contributed by atoms with Crippen molar-refractivity contribution in [2.45, 2.75) is 31.8 Å². The van der Waals surface area contributed by atoms with Gasteiger partial charge in [-0.1, -0.05) is 11.2 Å². The van der Waals surface area contributed by atoms with Crippen molar-refractivity contribution in [2.75, 3.05) is 0 Å². The van der Waals surface area contributed by atoms with Crippen LogP contribution in [0.3, 0.4) is 0 Å². The molecule has 1 N–H and O–H groups in total. The molecule has 13 heteroatoms. The summed E-state index contributed by atoms with van der Waals surface area (Å²) in [4.78, 5) is 3.76. The maximum Gasteiger partial charge on any atom is 0.198 e. The van der Waals surface area contributed by atoms with Crippen LogP contribution >= 0.6 is 0 Å². The van der Waals surface area contributed by atoms with Crippen LogP contribution in [0.1, 0.15) is 18.2 Å². The van der Waals surface area contributed by atoms with Crippen LogP contribution in [0.5, 0.6) is 0 Å². The van der Waals surface area contributed by atoms with Crippen LogP contribution in [-0.4, -0.2) is 31.1 Å². The highest BCUT2D eigenvalue weighted by Crippen LogP contribution is 2.33. The van der Waals surface area contributed by atoms with Crippen LogP contribution in [0, 0.1) is 34.9 Å². The van der Waals surface area contributed by atoms with Crippen molar-refractivity contribution in [1.29, 1.82) is 0 Å². The second kappa shape index (κ2) is 9.50. The molecular weight excluding hydrogens is 482 g/mol. The molecule has 35 heavy (non-hydrogen) atoms. The van der Waals surface area contributed by atoms with Crippen LogP contribution < -0.4 is 0 Å². The summed E-state index contributed by atoms with van der Waals surface area (Å²) in [5.74, 6) is -9.18. The van der Waals surface area contributed by atoms with Crippen LogP contribution in [0.15, 0.2) is 47.5 Å². The van der Waals surface area contributed by atoms with E-state index in [4.69, 9.17) is 9.26 Å². The maximum absolute atomic E-state index is 14.6. The van der Waals surface area contributed by atoms with E-state index in [-0.39, 0.29) is 23.6 Å². The minimum atomic E-state index is -2.07. The lowest BCUT2D eigenvalue weighted by atomic mass is 9.88. The Bertz CT molecular complexity index is 1350. The average Bonchev–Trinajstić information content (AvgIpc) is 3.50. The van der Waals surface area contributed by atoms with Crippen molar-refractivity contribution >= 4 is 0 Å². The van der Waals surface area contributed by atoms with E-state index in [9.17, 15) is 31.4 Å². The van der Waals surface area contributed by atoms with Gasteiger partial charge in [0.05, 0.1) is 12.6 Å². The third kappa shape index (κ3) is 4.77. The topological polar surface area (TPSA) is 86.2 Å². The van der Waals surface area contributed by atoms with Crippen molar-refractivity contribution in [3.63, 3.8) is 0 Å². The molecule has 184 valence electrons. The van der Waals surface area contributed by atoms with Crippen molar-refractivity contribution in [1.82, 2.24) is 19.9 Å². The number of hydrogen-bond acceptors (Lipinski definition) is 6. The van der Waals surface area contributed by atoms with E-state index in [1.54, 1.807) is 0 Å². The molecule has 0 radical (unpaired) electrons. The monoisotopic (exact) mass is 498 g/mol. The lowest BCUT2D eigenvalue weighted by molar-refractivity contribution is -0.126. The summed E-state index contributed by atoms with van der Waals surface area (Å²) >= 11 is 0. The third-order valence-corrected chi connectivity index (χ3v) is 5.35. The minimum absolute atomic E-state index is 0.0564. The highest BCUT2D eigenvalue weighted by Gasteiger charge is 2.40. The van der Waals surface area contributed by atoms with Crippen LogP contribution in [0.2, 0.25) is 0 Å². The van der Waals surface area contributed by atoms with Gasteiger partial charge < -0.3 is 14.4 Å². The van der Waals surface area contributed by atoms with E-state index >= 15 is 0 Å². The number of benzene rings is 2. The van der Waals surface area contributed by atoms with Gasteiger partial charge in [-0.3, -0.25) is 0 Å². The molecule has 2 aromatic heterocycles. The van der Waals surface area contributed by atoms with Gasteiger partial charge in [0, 0.05) is 23.3 Å². The van der Waals surface area contributed by atoms with Gasteiger partial charge in [-0.2, -0.15) is 5.10 Å². The zero-order valence-electron chi connectivity index (χ0n) is 17.9. The maximum atomic E-state index is 14.6. The predicted molar refractivity (Wildman–Crippen MR) is 106 cm³/mol. The quantitative estimate of drug-likeness (QED) is 0.222. The van der Waals surface area contributed by atoms with Gasteiger partial charge >= 0.3 is 0 Å². The van der Waals surface area contributed by atoms with E-state index in [1.807, 2.05) is 0 Å². The molecule has 0 fully saturated rings. The summed E-state index contributed by atoms with van der Waals surface area (Å²) in [5, 5.41) is 18.8. The van der Waals surface area contributed by atoms with Crippen molar-refractivity contribution in [3.05, 3.63) is 89.2 Å². The Morgan fingerprint density at radius 3 is 2.49 bits per heavy atom. The highest BCUT2D eigenvalue weighted by atomic mass is 19.2. The summed E-state index contributed by atoms with van der Waals surface area (Å²) in [6.45, 7) is 0.684. The summed E-state index contributed by atoms with van der Waals surface area (Å²) < 4.78 is 94.1. The lowest BCUT2D eigenvalue weighted by Crippen LogP contribution is -2.44. The smallest absolute Gasteiger partial charge is 0.198 e. The molecule has 0 saturated heterocycles. The van der Waals surface area contributed by atoms with Crippen LogP contribution in [-0.2, 0) is 23.5 Å². The summed E-state index contributed by atoms with van der Waals surface area (Å²) in [6.07, 6.45) is 1.30. The molecule has 0 aliphatic heterocycles. The van der Waals surface area contributed by atoms with Crippen LogP contribution in [0.4, 0.5) is 26.3 Å². The first-order valence-corrected chi connectivity index (χ1v) is 10.0. The second-order valence-corrected chi connectivity index (χ2v) is 7.62. The van der Waals surface area contributed by atoms with E-state index in [1.165, 1.54) is 24.3 Å². The molecule has 4 rings (SSSR count). The largest absolute Gasteiger partial charge is 0.380 e. The van der Waals surface area contributed by atoms with Crippen molar-refractivity contribution in [3.8, 4) is 11.3 Å². The number of aliphatic hydroxyl groups is 1. The number of nitrogens with zero attached hydrogens (tertiary/aromatic N) is 4. The normalized spacial score (nSPS) is 14.2. The fourth-order valence-electron chi connectivity index (χ4n) is 3.45. The fraction of sp³-hybridized carbons (Fsp3) is 0.227. The van der Waals surface area contributed by atoms with Gasteiger partial charge in [0.25, 0.3) is 0 Å². The Morgan fingerprint density at radius 2 is 1.80 bits per heavy atom. The van der Waals surface area contributed by atoms with Gasteiger partial charge in [-0.15, -0.1) is 0 Å². The number of rotatable bonds is 8. The Hall–Kier alpha value is -3.71. The molecule has 2 aromatic carbocycles. The molecule has 7 nitrogen and oxygen atoms in total. The van der Waals surface area contributed by atoms with Gasteiger partial charge in [-0.25, -0.2) is 36.0 Å². The summed E-state index contributed by atoms with van der Waals surface area (Å²) in [6, 6.07) is 4.15. The summed E-state index contributed by atoms with van der Waals surface area (Å²) in [5.41, 5.74) is -3.36. The molecule has 1 unspecified atom stereocenters. The zero-order chi connectivity index (χ0) is 25.3. The second-order valence-electron chi connectivity index (χ2n) is 7.62. The predicted octanol–water partition coefficient (Wildman–Crippen LogP) is 4.26. The van der Waals surface area contributed by atoms with Gasteiger partial charge in [-0.05, 0) is 19.1 Å². The average molecular weight is 498 g/mol. The lowest BCUT2D eigenvalue weighted by Gasteiger charge is -2.34. The molecule has 2 heterocycles. The van der Waals surface area contributed by atoms with Crippen molar-refractivity contribution < 1.29 is 40.7 Å². The van der Waals surface area contributed by atoms with E-state index in [0.29, 0.717) is 12.1 Å². The molecular formula is C22H16F6N4O3. The molecule has 2 atom stereocenters. The Balaban J connectivity index is 1.57. The van der Waals surface area contributed by atoms with E-state index < -0.39 is 58.8 Å². The molecule has 0 spiro atoms. The Morgan fingerprint density at radius 1 is 1.03 bits per heavy atom. The van der Waals surface area contributed by atoms with Crippen molar-refractivity contribution in [2.24, 2.45) is 0 Å². The van der Waals surface area contributed by atoms with E-state index in [2.05, 4.69) is 15.2 Å². The molecule has 0 bridgehead atoms. The van der Waals surface area contributed by atoms with Gasteiger partial charge in [0.1, 0.15) is 42.2 Å². The molecule has 0 aliphatic rings. The molecule has 0 amide bonds. The molecule has 0 aliphatic carbocycles. The Labute approximate surface area is 193 Å². The number of aromatic nitrogens is 4. The fourth-order valence-corrected chi connectivity index (χ4v) is 3.45. The number of hydrogen-bond donors (Lipinski definition) is 1. The van der Waals surface area contributed by atoms with Crippen LogP contribution in [0.25, 0.3) is 11.3 Å². The number of ether oxygens (including phenoxy) is 1. The molecule has 4 aromatic rings. The SMILES string of the molecule is C[C@@H](OCc1cc(-c2cc(F)c(F)c(F)c2F)no1)C(O)(Cn1cncn1)c1ccc(F)cc1F. The molecule has 0 saturated carbocycles. The number of halogens is 6. The zero-order valence-corrected chi connectivity index (χ0v) is 17.9. The first-order valence-electron chi connectivity index (χ1n) is 10.0. The highest BCUT2D eigenvalue weighted by molar-refractivity contribution is 5.60. The first-order chi connectivity index (χ1) is 16.6. The van der Waals surface area contributed by atoms with E-state index in [0.717, 1.165) is 18.2 Å². The minimum Gasteiger partial charge on any atom is -0.380 e. The Kier molecular flexibility index (Phi) is 6.63. The first kappa shape index (κ1) is 24.4. The summed E-state index contributed by atoms with van der Waals surface area (Å²) in [7, 11) is 0. The van der Waals surface area contributed by atoms with Gasteiger partial charge in [0.15, 0.2) is 29.0 Å². The third-order valence-electron chi connectivity index (χ3n) is 5.35. The van der Waals surface area contributed by atoms with Gasteiger partial charge in [0.2, 0.25) is 0 Å². The standard InChI is InChI=1S/C22H16F6N4O3/c1-11(22(33,8-32-10-29-9-30-32)15-3-2-12(23)4-16(15)24)34-7-13-5-18(31-35-13)14-6-17(25)20(27)21(28)19(14)26/h2-6,9-11,33H,7-8H2,1H3/t11-,22?/m1/s1.